The zero-order chi connectivity index (χ0) is 16.4. The van der Waals surface area contributed by atoms with Crippen molar-refractivity contribution in [3.05, 3.63) is 34.4 Å². The summed E-state index contributed by atoms with van der Waals surface area (Å²) in [5.41, 5.74) is 0.285. The van der Waals surface area contributed by atoms with E-state index in [1.54, 1.807) is 6.07 Å². The van der Waals surface area contributed by atoms with Crippen LogP contribution in [0.2, 0.25) is 0 Å². The number of carboxylic acid groups (broad SMARTS) is 1. The van der Waals surface area contributed by atoms with Crippen molar-refractivity contribution < 1.29 is 27.9 Å². The zero-order valence-electron chi connectivity index (χ0n) is 11.3. The molecular weight excluding hydrogens is 287 g/mol. The molecule has 0 spiro atoms. The van der Waals surface area contributed by atoms with Crippen molar-refractivity contribution in [2.45, 2.75) is 33.4 Å². The lowest BCUT2D eigenvalue weighted by Crippen LogP contribution is -2.00. The Morgan fingerprint density at radius 3 is 2.10 bits per heavy atom. The van der Waals surface area contributed by atoms with Crippen molar-refractivity contribution >= 4 is 11.8 Å². The maximum atomic E-state index is 12.4. The summed E-state index contributed by atoms with van der Waals surface area (Å²) < 4.78 is 37.1. The Balaban J connectivity index is 0.000000486. The average Bonchev–Trinajstić information content (AvgIpc) is 2.44. The standard InChI is InChI=1S/C10H8F3N.C4H6O3/c11-3-7-1-8(4-12)10(5-13)9(2-7)6-14;1-3(5)2-4(6)7/h1-2H,3-5H2;2H2,1H3,(H,6,7). The SMILES string of the molecule is CC(=O)CC(=O)O.N#Cc1cc(CF)cc(CF)c1CF. The molecule has 1 N–H and O–H groups in total. The molecule has 0 radical (unpaired) electrons. The number of Topliss-reactive ketones (excluding diaryl/α,β-unsaturated/α-hetero) is 1. The Bertz CT molecular complexity index is 541. The molecule has 7 heteroatoms. The van der Waals surface area contributed by atoms with Crippen molar-refractivity contribution in [2.24, 2.45) is 0 Å². The molecule has 0 bridgehead atoms. The van der Waals surface area contributed by atoms with Gasteiger partial charge in [-0.3, -0.25) is 9.59 Å². The van der Waals surface area contributed by atoms with Crippen LogP contribution in [0.4, 0.5) is 13.2 Å². The largest absolute Gasteiger partial charge is 0.481 e. The highest BCUT2D eigenvalue weighted by molar-refractivity contribution is 5.93. The van der Waals surface area contributed by atoms with E-state index in [4.69, 9.17) is 10.4 Å². The molecule has 0 amide bonds. The number of carbonyl (C=O) groups is 2. The first-order chi connectivity index (χ1) is 9.89. The van der Waals surface area contributed by atoms with Gasteiger partial charge in [-0.05, 0) is 24.1 Å². The van der Waals surface area contributed by atoms with Crippen molar-refractivity contribution in [1.29, 1.82) is 5.26 Å². The second-order valence-corrected chi connectivity index (χ2v) is 4.07. The number of alkyl halides is 3. The fourth-order valence-electron chi connectivity index (χ4n) is 1.46. The number of hydrogen-bond acceptors (Lipinski definition) is 3. The predicted molar refractivity (Wildman–Crippen MR) is 68.5 cm³/mol. The van der Waals surface area contributed by atoms with Gasteiger partial charge in [-0.2, -0.15) is 5.26 Å². The molecule has 114 valence electrons. The van der Waals surface area contributed by atoms with E-state index in [-0.39, 0.29) is 34.5 Å². The molecule has 0 fully saturated rings. The van der Waals surface area contributed by atoms with Gasteiger partial charge in [-0.15, -0.1) is 0 Å². The van der Waals surface area contributed by atoms with E-state index in [9.17, 15) is 22.8 Å². The zero-order valence-corrected chi connectivity index (χ0v) is 11.3. The number of rotatable bonds is 5. The van der Waals surface area contributed by atoms with Gasteiger partial charge in [0, 0.05) is 5.56 Å². The van der Waals surface area contributed by atoms with E-state index in [2.05, 4.69) is 0 Å². The van der Waals surface area contributed by atoms with Crippen LogP contribution in [0.3, 0.4) is 0 Å². The lowest BCUT2D eigenvalue weighted by Gasteiger charge is -2.06. The summed E-state index contributed by atoms with van der Waals surface area (Å²) in [4.78, 5) is 19.5. The molecule has 0 saturated carbocycles. The first-order valence-electron chi connectivity index (χ1n) is 5.83. The molecule has 0 aliphatic carbocycles. The van der Waals surface area contributed by atoms with Gasteiger partial charge in [0.25, 0.3) is 0 Å². The van der Waals surface area contributed by atoms with Crippen molar-refractivity contribution in [3.8, 4) is 6.07 Å². The van der Waals surface area contributed by atoms with E-state index >= 15 is 0 Å². The van der Waals surface area contributed by atoms with Crippen LogP contribution in [-0.4, -0.2) is 16.9 Å². The maximum Gasteiger partial charge on any atom is 0.310 e. The average molecular weight is 301 g/mol. The van der Waals surface area contributed by atoms with Crippen LogP contribution in [0.15, 0.2) is 12.1 Å². The summed E-state index contributed by atoms with van der Waals surface area (Å²) in [5, 5.41) is 16.5. The molecular formula is C14H14F3NO3. The minimum atomic E-state index is -1.06. The highest BCUT2D eigenvalue weighted by atomic mass is 19.1. The summed E-state index contributed by atoms with van der Waals surface area (Å²) in [6.45, 7) is -1.33. The van der Waals surface area contributed by atoms with Gasteiger partial charge in [0.2, 0.25) is 0 Å². The molecule has 1 aromatic carbocycles. The second kappa shape index (κ2) is 9.53. The summed E-state index contributed by atoms with van der Waals surface area (Å²) in [5.74, 6) is -1.37. The van der Waals surface area contributed by atoms with Crippen LogP contribution in [0, 0.1) is 11.3 Å². The Hall–Kier alpha value is -2.36. The third-order valence-electron chi connectivity index (χ3n) is 2.35. The molecule has 0 aliphatic rings. The van der Waals surface area contributed by atoms with E-state index < -0.39 is 26.0 Å². The number of ketones is 1. The molecule has 0 unspecified atom stereocenters. The number of nitrogens with zero attached hydrogens (tertiary/aromatic N) is 1. The molecule has 0 atom stereocenters. The van der Waals surface area contributed by atoms with Crippen LogP contribution in [0.1, 0.15) is 35.6 Å². The molecule has 0 aromatic heterocycles. The molecule has 21 heavy (non-hydrogen) atoms. The monoisotopic (exact) mass is 301 g/mol. The summed E-state index contributed by atoms with van der Waals surface area (Å²) in [7, 11) is 0. The van der Waals surface area contributed by atoms with Gasteiger partial charge < -0.3 is 5.11 Å². The number of hydrogen-bond donors (Lipinski definition) is 1. The van der Waals surface area contributed by atoms with Crippen LogP contribution in [0.5, 0.6) is 0 Å². The molecule has 0 saturated heterocycles. The Kier molecular flexibility index (Phi) is 8.46. The highest BCUT2D eigenvalue weighted by Gasteiger charge is 2.10. The van der Waals surface area contributed by atoms with Gasteiger partial charge in [-0.1, -0.05) is 6.07 Å². The molecule has 4 nitrogen and oxygen atoms in total. The Morgan fingerprint density at radius 1 is 1.19 bits per heavy atom. The Morgan fingerprint density at radius 2 is 1.81 bits per heavy atom. The normalized spacial score (nSPS) is 9.29. The lowest BCUT2D eigenvalue weighted by molar-refractivity contribution is -0.139. The molecule has 1 rings (SSSR count). The number of aliphatic carboxylic acids is 1. The minimum Gasteiger partial charge on any atom is -0.481 e. The fourth-order valence-corrected chi connectivity index (χ4v) is 1.46. The minimum absolute atomic E-state index is 0.00954. The molecule has 1 aromatic rings. The summed E-state index contributed by atoms with van der Waals surface area (Å²) in [6, 6.07) is 4.21. The van der Waals surface area contributed by atoms with Gasteiger partial charge in [0.15, 0.2) is 0 Å². The van der Waals surface area contributed by atoms with Gasteiger partial charge in [0.1, 0.15) is 32.2 Å². The number of carboxylic acids is 1. The van der Waals surface area contributed by atoms with Crippen LogP contribution >= 0.6 is 0 Å². The summed E-state index contributed by atoms with van der Waals surface area (Å²) in [6.07, 6.45) is -0.361. The first kappa shape index (κ1) is 18.6. The maximum absolute atomic E-state index is 12.4. The van der Waals surface area contributed by atoms with E-state index in [0.717, 1.165) is 0 Å². The molecule has 0 aliphatic heterocycles. The van der Waals surface area contributed by atoms with E-state index in [0.29, 0.717) is 0 Å². The van der Waals surface area contributed by atoms with Gasteiger partial charge >= 0.3 is 5.97 Å². The van der Waals surface area contributed by atoms with Crippen LogP contribution < -0.4 is 0 Å². The second-order valence-electron chi connectivity index (χ2n) is 4.07. The quantitative estimate of drug-likeness (QED) is 0.848. The van der Waals surface area contributed by atoms with Gasteiger partial charge in [-0.25, -0.2) is 13.2 Å². The predicted octanol–water partition coefficient (Wildman–Crippen LogP) is 3.02. The first-order valence-corrected chi connectivity index (χ1v) is 5.83. The number of nitriles is 1. The van der Waals surface area contributed by atoms with Crippen molar-refractivity contribution in [2.75, 3.05) is 0 Å². The number of halogens is 3. The van der Waals surface area contributed by atoms with Gasteiger partial charge in [0.05, 0.1) is 11.6 Å². The third kappa shape index (κ3) is 6.56. The Labute approximate surface area is 119 Å². The van der Waals surface area contributed by atoms with E-state index in [1.165, 1.54) is 19.1 Å². The topological polar surface area (TPSA) is 78.2 Å². The number of carbonyl (C=O) groups excluding carboxylic acids is 1. The highest BCUT2D eigenvalue weighted by Crippen LogP contribution is 2.20. The van der Waals surface area contributed by atoms with E-state index in [1.807, 2.05) is 0 Å². The van der Waals surface area contributed by atoms with Crippen molar-refractivity contribution in [1.82, 2.24) is 0 Å². The van der Waals surface area contributed by atoms with Crippen LogP contribution in [-0.2, 0) is 29.6 Å². The molecule has 0 heterocycles. The summed E-state index contributed by atoms with van der Waals surface area (Å²) >= 11 is 0. The fraction of sp³-hybridized carbons (Fsp3) is 0.357. The van der Waals surface area contributed by atoms with Crippen molar-refractivity contribution in [3.63, 3.8) is 0 Å². The van der Waals surface area contributed by atoms with Crippen LogP contribution in [0.25, 0.3) is 0 Å². The lowest BCUT2D eigenvalue weighted by atomic mass is 10.00. The smallest absolute Gasteiger partial charge is 0.310 e. The third-order valence-corrected chi connectivity index (χ3v) is 2.35. The number of benzene rings is 1.